The van der Waals surface area contributed by atoms with Crippen molar-refractivity contribution < 1.29 is 9.50 Å². The molecular formula is C11H13FO. The molecule has 0 aliphatic heterocycles. The molecule has 0 atom stereocenters. The van der Waals surface area contributed by atoms with Crippen molar-refractivity contribution in [2.75, 3.05) is 0 Å². The Labute approximate surface area is 77.5 Å². The summed E-state index contributed by atoms with van der Waals surface area (Å²) in [5, 5.41) is 8.77. The zero-order valence-electron chi connectivity index (χ0n) is 7.84. The van der Waals surface area contributed by atoms with Crippen LogP contribution < -0.4 is 0 Å². The third kappa shape index (κ3) is 2.39. The number of hydrogen-bond donors (Lipinski definition) is 1. The minimum absolute atomic E-state index is 0.00325. The van der Waals surface area contributed by atoms with Gasteiger partial charge in [0.05, 0.1) is 6.61 Å². The highest BCUT2D eigenvalue weighted by atomic mass is 19.1. The Bertz CT molecular complexity index is 307. The van der Waals surface area contributed by atoms with Crippen LogP contribution in [0.1, 0.15) is 25.0 Å². The first kappa shape index (κ1) is 9.93. The van der Waals surface area contributed by atoms with E-state index in [1.807, 2.05) is 0 Å². The highest BCUT2D eigenvalue weighted by Crippen LogP contribution is 2.20. The molecule has 0 aromatic heterocycles. The fourth-order valence-electron chi connectivity index (χ4n) is 1.05. The van der Waals surface area contributed by atoms with Gasteiger partial charge in [-0.2, -0.15) is 0 Å². The molecule has 1 nitrogen and oxygen atoms in total. The second-order valence-electron chi connectivity index (χ2n) is 3.17. The van der Waals surface area contributed by atoms with Crippen molar-refractivity contribution in [3.05, 3.63) is 41.0 Å². The van der Waals surface area contributed by atoms with Crippen molar-refractivity contribution in [2.24, 2.45) is 0 Å². The summed E-state index contributed by atoms with van der Waals surface area (Å²) in [6, 6.07) is 6.79. The molecule has 0 amide bonds. The minimum Gasteiger partial charge on any atom is -0.392 e. The largest absolute Gasteiger partial charge is 0.392 e. The van der Waals surface area contributed by atoms with Crippen molar-refractivity contribution in [3.63, 3.8) is 0 Å². The molecule has 0 unspecified atom stereocenters. The average Bonchev–Trinajstić information content (AvgIpc) is 2.17. The van der Waals surface area contributed by atoms with Gasteiger partial charge in [-0.3, -0.25) is 0 Å². The van der Waals surface area contributed by atoms with E-state index in [2.05, 4.69) is 0 Å². The first-order valence-electron chi connectivity index (χ1n) is 4.18. The molecule has 1 N–H and O–H groups in total. The van der Waals surface area contributed by atoms with Gasteiger partial charge in [-0.1, -0.05) is 24.3 Å². The molecule has 1 rings (SSSR count). The van der Waals surface area contributed by atoms with Gasteiger partial charge in [0.25, 0.3) is 0 Å². The molecule has 0 aliphatic carbocycles. The van der Waals surface area contributed by atoms with Gasteiger partial charge in [0, 0.05) is 5.56 Å². The van der Waals surface area contributed by atoms with Crippen LogP contribution in [0, 0.1) is 0 Å². The average molecular weight is 180 g/mol. The maximum absolute atomic E-state index is 13.3. The molecule has 70 valence electrons. The topological polar surface area (TPSA) is 20.2 Å². The van der Waals surface area contributed by atoms with Gasteiger partial charge in [0.1, 0.15) is 5.83 Å². The Hall–Kier alpha value is -1.15. The van der Waals surface area contributed by atoms with Crippen molar-refractivity contribution in [1.82, 2.24) is 0 Å². The van der Waals surface area contributed by atoms with Crippen molar-refractivity contribution in [2.45, 2.75) is 20.5 Å². The van der Waals surface area contributed by atoms with E-state index in [1.54, 1.807) is 38.1 Å². The standard InChI is InChI=1S/C11H13FO/c1-8(2)11(12)10-5-3-9(7-13)4-6-10/h3-6,13H,7H2,1-2H3. The monoisotopic (exact) mass is 180 g/mol. The van der Waals surface area contributed by atoms with Crippen LogP contribution in [0.2, 0.25) is 0 Å². The summed E-state index contributed by atoms with van der Waals surface area (Å²) in [6.45, 7) is 3.46. The lowest BCUT2D eigenvalue weighted by atomic mass is 10.1. The molecule has 0 saturated heterocycles. The van der Waals surface area contributed by atoms with Crippen molar-refractivity contribution >= 4 is 5.83 Å². The van der Waals surface area contributed by atoms with Gasteiger partial charge in [0.2, 0.25) is 0 Å². The second-order valence-corrected chi connectivity index (χ2v) is 3.17. The molecule has 0 spiro atoms. The Morgan fingerprint density at radius 1 is 1.23 bits per heavy atom. The second kappa shape index (κ2) is 4.19. The first-order chi connectivity index (χ1) is 6.15. The van der Waals surface area contributed by atoms with E-state index >= 15 is 0 Å². The molecule has 0 heterocycles. The van der Waals surface area contributed by atoms with E-state index in [0.29, 0.717) is 11.1 Å². The van der Waals surface area contributed by atoms with E-state index < -0.39 is 0 Å². The Morgan fingerprint density at radius 3 is 2.15 bits per heavy atom. The van der Waals surface area contributed by atoms with Crippen molar-refractivity contribution in [3.8, 4) is 0 Å². The lowest BCUT2D eigenvalue weighted by molar-refractivity contribution is 0.282. The lowest BCUT2D eigenvalue weighted by Gasteiger charge is -2.01. The van der Waals surface area contributed by atoms with E-state index in [4.69, 9.17) is 5.11 Å². The van der Waals surface area contributed by atoms with E-state index in [1.165, 1.54) is 0 Å². The summed E-state index contributed by atoms with van der Waals surface area (Å²) >= 11 is 0. The predicted molar refractivity (Wildman–Crippen MR) is 51.7 cm³/mol. The van der Waals surface area contributed by atoms with Gasteiger partial charge in [-0.15, -0.1) is 0 Å². The maximum atomic E-state index is 13.3. The highest BCUT2D eigenvalue weighted by molar-refractivity contribution is 5.61. The molecule has 0 saturated carbocycles. The molecule has 1 aromatic carbocycles. The Kier molecular flexibility index (Phi) is 3.20. The number of halogens is 1. The van der Waals surface area contributed by atoms with Gasteiger partial charge < -0.3 is 5.11 Å². The molecule has 0 fully saturated rings. The van der Waals surface area contributed by atoms with E-state index in [0.717, 1.165) is 5.56 Å². The summed E-state index contributed by atoms with van der Waals surface area (Å²) in [6.07, 6.45) is 0. The molecule has 0 bridgehead atoms. The Morgan fingerprint density at radius 2 is 1.77 bits per heavy atom. The highest BCUT2D eigenvalue weighted by Gasteiger charge is 2.01. The van der Waals surface area contributed by atoms with Crippen LogP contribution in [0.5, 0.6) is 0 Å². The van der Waals surface area contributed by atoms with Crippen LogP contribution in [0.15, 0.2) is 29.8 Å². The molecule has 1 aromatic rings. The van der Waals surface area contributed by atoms with Gasteiger partial charge >= 0.3 is 0 Å². The summed E-state index contributed by atoms with van der Waals surface area (Å²) in [4.78, 5) is 0. The number of benzene rings is 1. The van der Waals surface area contributed by atoms with Crippen LogP contribution in [-0.4, -0.2) is 5.11 Å². The number of aliphatic hydroxyl groups is 1. The predicted octanol–water partition coefficient (Wildman–Crippen LogP) is 2.90. The molecular weight excluding hydrogens is 167 g/mol. The van der Waals surface area contributed by atoms with Gasteiger partial charge in [-0.05, 0) is 25.0 Å². The fraction of sp³-hybridized carbons (Fsp3) is 0.273. The van der Waals surface area contributed by atoms with Crippen LogP contribution in [0.3, 0.4) is 0 Å². The van der Waals surface area contributed by atoms with Gasteiger partial charge in [-0.25, -0.2) is 4.39 Å². The molecule has 0 aliphatic rings. The van der Waals surface area contributed by atoms with Crippen LogP contribution in [-0.2, 0) is 6.61 Å². The third-order valence-electron chi connectivity index (χ3n) is 1.83. The normalized spacial score (nSPS) is 9.85. The smallest absolute Gasteiger partial charge is 0.129 e. The van der Waals surface area contributed by atoms with Crippen molar-refractivity contribution in [1.29, 1.82) is 0 Å². The number of aliphatic hydroxyl groups excluding tert-OH is 1. The zero-order chi connectivity index (χ0) is 9.84. The molecule has 2 heteroatoms. The number of hydrogen-bond acceptors (Lipinski definition) is 1. The zero-order valence-corrected chi connectivity index (χ0v) is 7.84. The van der Waals surface area contributed by atoms with Crippen LogP contribution in [0.4, 0.5) is 4.39 Å². The summed E-state index contributed by atoms with van der Waals surface area (Å²) in [5.41, 5.74) is 2.03. The quantitative estimate of drug-likeness (QED) is 0.742. The number of rotatable bonds is 2. The lowest BCUT2D eigenvalue weighted by Crippen LogP contribution is -1.85. The summed E-state index contributed by atoms with van der Waals surface area (Å²) in [5.74, 6) is -0.190. The molecule has 0 radical (unpaired) electrons. The van der Waals surface area contributed by atoms with E-state index in [-0.39, 0.29) is 12.4 Å². The third-order valence-corrected chi connectivity index (χ3v) is 1.83. The Balaban J connectivity index is 2.99. The summed E-state index contributed by atoms with van der Waals surface area (Å²) in [7, 11) is 0. The van der Waals surface area contributed by atoms with E-state index in [9.17, 15) is 4.39 Å². The van der Waals surface area contributed by atoms with Crippen LogP contribution >= 0.6 is 0 Å². The first-order valence-corrected chi connectivity index (χ1v) is 4.18. The summed E-state index contributed by atoms with van der Waals surface area (Å²) < 4.78 is 13.3. The molecule has 13 heavy (non-hydrogen) atoms. The number of allylic oxidation sites excluding steroid dienone is 1. The van der Waals surface area contributed by atoms with Gasteiger partial charge in [0.15, 0.2) is 0 Å². The minimum atomic E-state index is -0.190. The SMILES string of the molecule is CC(C)=C(F)c1ccc(CO)cc1. The maximum Gasteiger partial charge on any atom is 0.129 e. The fourth-order valence-corrected chi connectivity index (χ4v) is 1.05. The van der Waals surface area contributed by atoms with Crippen LogP contribution in [0.25, 0.3) is 5.83 Å².